The minimum absolute atomic E-state index is 0.0584. The zero-order chi connectivity index (χ0) is 14.9. The van der Waals surface area contributed by atoms with Crippen LogP contribution in [-0.4, -0.2) is 29.0 Å². The molecular weight excluding hydrogens is 290 g/mol. The molecule has 0 unspecified atom stereocenters. The molecule has 0 radical (unpaired) electrons. The third-order valence-electron chi connectivity index (χ3n) is 4.01. The van der Waals surface area contributed by atoms with Crippen LogP contribution in [0.3, 0.4) is 0 Å². The standard InChI is InChI=1S/C16H16ClNO3/c17-14-3-1-2-13(10-14)16(20)5-7-18(8-6-16)15(19)12-4-9-21-11-12/h1-4,9-11,20H,5-8H2. The van der Waals surface area contributed by atoms with Gasteiger partial charge >= 0.3 is 0 Å². The molecular formula is C16H16ClNO3. The third kappa shape index (κ3) is 2.82. The van der Waals surface area contributed by atoms with Crippen LogP contribution >= 0.6 is 11.6 Å². The van der Waals surface area contributed by atoms with Gasteiger partial charge < -0.3 is 14.4 Å². The number of amides is 1. The quantitative estimate of drug-likeness (QED) is 0.928. The molecule has 0 bridgehead atoms. The van der Waals surface area contributed by atoms with Crippen molar-refractivity contribution in [3.8, 4) is 0 Å². The van der Waals surface area contributed by atoms with Crippen LogP contribution in [0.5, 0.6) is 0 Å². The summed E-state index contributed by atoms with van der Waals surface area (Å²) in [5.41, 5.74) is 0.437. The number of aliphatic hydroxyl groups is 1. The minimum Gasteiger partial charge on any atom is -0.472 e. The topological polar surface area (TPSA) is 53.7 Å². The number of halogens is 1. The van der Waals surface area contributed by atoms with E-state index in [1.807, 2.05) is 12.1 Å². The van der Waals surface area contributed by atoms with Crippen molar-refractivity contribution in [2.24, 2.45) is 0 Å². The normalized spacial score (nSPS) is 17.7. The zero-order valence-electron chi connectivity index (χ0n) is 11.5. The van der Waals surface area contributed by atoms with Gasteiger partial charge in [0, 0.05) is 18.1 Å². The van der Waals surface area contributed by atoms with Crippen LogP contribution in [0.2, 0.25) is 5.02 Å². The average molecular weight is 306 g/mol. The Hall–Kier alpha value is -1.78. The van der Waals surface area contributed by atoms with E-state index in [-0.39, 0.29) is 5.91 Å². The van der Waals surface area contributed by atoms with E-state index in [0.29, 0.717) is 36.5 Å². The fourth-order valence-corrected chi connectivity index (χ4v) is 2.91. The molecule has 2 aromatic rings. The fourth-order valence-electron chi connectivity index (χ4n) is 2.72. The van der Waals surface area contributed by atoms with Crippen molar-refractivity contribution in [1.29, 1.82) is 0 Å². The lowest BCUT2D eigenvalue weighted by Crippen LogP contribution is -2.45. The number of carbonyl (C=O) groups is 1. The van der Waals surface area contributed by atoms with Crippen molar-refractivity contribution in [1.82, 2.24) is 4.90 Å². The second-order valence-corrected chi connectivity index (χ2v) is 5.78. The highest BCUT2D eigenvalue weighted by atomic mass is 35.5. The monoisotopic (exact) mass is 305 g/mol. The zero-order valence-corrected chi connectivity index (χ0v) is 12.2. The van der Waals surface area contributed by atoms with E-state index in [4.69, 9.17) is 16.0 Å². The van der Waals surface area contributed by atoms with Crippen LogP contribution in [0.15, 0.2) is 47.3 Å². The molecule has 1 amide bonds. The molecule has 1 fully saturated rings. The maximum Gasteiger partial charge on any atom is 0.257 e. The Kier molecular flexibility index (Phi) is 3.74. The molecule has 1 aliphatic rings. The first-order valence-electron chi connectivity index (χ1n) is 6.88. The van der Waals surface area contributed by atoms with Crippen molar-refractivity contribution >= 4 is 17.5 Å². The van der Waals surface area contributed by atoms with Gasteiger partial charge in [-0.3, -0.25) is 4.79 Å². The molecule has 3 rings (SSSR count). The van der Waals surface area contributed by atoms with Crippen molar-refractivity contribution in [3.05, 3.63) is 59.0 Å². The van der Waals surface area contributed by atoms with Crippen molar-refractivity contribution in [2.45, 2.75) is 18.4 Å². The highest BCUT2D eigenvalue weighted by Crippen LogP contribution is 2.34. The van der Waals surface area contributed by atoms with Gasteiger partial charge in [0.15, 0.2) is 0 Å². The lowest BCUT2D eigenvalue weighted by Gasteiger charge is -2.38. The molecule has 1 aromatic carbocycles. The van der Waals surface area contributed by atoms with Crippen LogP contribution in [0, 0.1) is 0 Å². The van der Waals surface area contributed by atoms with Gasteiger partial charge in [0.05, 0.1) is 17.4 Å². The first-order chi connectivity index (χ1) is 10.1. The number of carbonyl (C=O) groups excluding carboxylic acids is 1. The Balaban J connectivity index is 1.71. The Morgan fingerprint density at radius 2 is 2.05 bits per heavy atom. The summed E-state index contributed by atoms with van der Waals surface area (Å²) in [7, 11) is 0. The molecule has 5 heteroatoms. The number of benzene rings is 1. The van der Waals surface area contributed by atoms with Crippen LogP contribution in [0.1, 0.15) is 28.8 Å². The van der Waals surface area contributed by atoms with Crippen molar-refractivity contribution in [3.63, 3.8) is 0 Å². The maximum atomic E-state index is 12.2. The molecule has 0 spiro atoms. The molecule has 21 heavy (non-hydrogen) atoms. The Bertz CT molecular complexity index is 631. The number of nitrogens with zero attached hydrogens (tertiary/aromatic N) is 1. The van der Waals surface area contributed by atoms with Crippen LogP contribution in [-0.2, 0) is 5.60 Å². The predicted octanol–water partition coefficient (Wildman–Crippen LogP) is 3.06. The second kappa shape index (κ2) is 5.54. The van der Waals surface area contributed by atoms with Crippen LogP contribution in [0.4, 0.5) is 0 Å². The predicted molar refractivity (Wildman–Crippen MR) is 79.2 cm³/mol. The smallest absolute Gasteiger partial charge is 0.257 e. The lowest BCUT2D eigenvalue weighted by atomic mass is 9.84. The maximum absolute atomic E-state index is 12.2. The number of hydrogen-bond acceptors (Lipinski definition) is 3. The van der Waals surface area contributed by atoms with Gasteiger partial charge in [0.25, 0.3) is 5.91 Å². The molecule has 0 aliphatic carbocycles. The van der Waals surface area contributed by atoms with Gasteiger partial charge in [-0.1, -0.05) is 23.7 Å². The van der Waals surface area contributed by atoms with Crippen molar-refractivity contribution in [2.75, 3.05) is 13.1 Å². The van der Waals surface area contributed by atoms with E-state index in [1.165, 1.54) is 12.5 Å². The largest absolute Gasteiger partial charge is 0.472 e. The summed E-state index contributed by atoms with van der Waals surface area (Å²) in [6.07, 6.45) is 3.92. The number of piperidine rings is 1. The fraction of sp³-hybridized carbons (Fsp3) is 0.312. The van der Waals surface area contributed by atoms with E-state index in [0.717, 1.165) is 5.56 Å². The molecule has 4 nitrogen and oxygen atoms in total. The summed E-state index contributed by atoms with van der Waals surface area (Å²) in [6, 6.07) is 8.93. The van der Waals surface area contributed by atoms with Gasteiger partial charge in [0.1, 0.15) is 6.26 Å². The Labute approximate surface area is 127 Å². The lowest BCUT2D eigenvalue weighted by molar-refractivity contribution is -0.0211. The first kappa shape index (κ1) is 14.2. The number of hydrogen-bond donors (Lipinski definition) is 1. The van der Waals surface area contributed by atoms with E-state index in [1.54, 1.807) is 23.1 Å². The molecule has 1 aromatic heterocycles. The van der Waals surface area contributed by atoms with Crippen molar-refractivity contribution < 1.29 is 14.3 Å². The molecule has 1 aliphatic heterocycles. The number of rotatable bonds is 2. The van der Waals surface area contributed by atoms with E-state index in [9.17, 15) is 9.90 Å². The molecule has 2 heterocycles. The van der Waals surface area contributed by atoms with Gasteiger partial charge in [-0.25, -0.2) is 0 Å². The Morgan fingerprint density at radius 1 is 1.29 bits per heavy atom. The van der Waals surface area contributed by atoms with E-state index >= 15 is 0 Å². The highest BCUT2D eigenvalue weighted by Gasteiger charge is 2.35. The van der Waals surface area contributed by atoms with E-state index < -0.39 is 5.60 Å². The third-order valence-corrected chi connectivity index (χ3v) is 4.24. The molecule has 1 saturated heterocycles. The average Bonchev–Trinajstić information content (AvgIpc) is 3.02. The summed E-state index contributed by atoms with van der Waals surface area (Å²) in [5, 5.41) is 11.4. The number of furan rings is 1. The summed E-state index contributed by atoms with van der Waals surface area (Å²) < 4.78 is 4.94. The van der Waals surface area contributed by atoms with E-state index in [2.05, 4.69) is 0 Å². The van der Waals surface area contributed by atoms with Gasteiger partial charge in [-0.05, 0) is 36.6 Å². The first-order valence-corrected chi connectivity index (χ1v) is 7.26. The van der Waals surface area contributed by atoms with Crippen LogP contribution < -0.4 is 0 Å². The Morgan fingerprint density at radius 3 is 2.67 bits per heavy atom. The summed E-state index contributed by atoms with van der Waals surface area (Å²) in [6.45, 7) is 1.01. The minimum atomic E-state index is -0.919. The van der Waals surface area contributed by atoms with Crippen LogP contribution in [0.25, 0.3) is 0 Å². The SMILES string of the molecule is O=C(c1ccoc1)N1CCC(O)(c2cccc(Cl)c2)CC1. The van der Waals surface area contributed by atoms with Gasteiger partial charge in [-0.15, -0.1) is 0 Å². The molecule has 110 valence electrons. The molecule has 1 N–H and O–H groups in total. The molecule has 0 saturated carbocycles. The summed E-state index contributed by atoms with van der Waals surface area (Å²) >= 11 is 5.99. The molecule has 0 atom stereocenters. The second-order valence-electron chi connectivity index (χ2n) is 5.35. The van der Waals surface area contributed by atoms with Gasteiger partial charge in [0.2, 0.25) is 0 Å². The van der Waals surface area contributed by atoms with Gasteiger partial charge in [-0.2, -0.15) is 0 Å². The highest BCUT2D eigenvalue weighted by molar-refractivity contribution is 6.30. The summed E-state index contributed by atoms with van der Waals surface area (Å²) in [4.78, 5) is 14.0. The number of likely N-dealkylation sites (tertiary alicyclic amines) is 1. The summed E-state index contributed by atoms with van der Waals surface area (Å²) in [5.74, 6) is -0.0584.